The maximum absolute atomic E-state index is 12.9. The molecule has 0 radical (unpaired) electrons. The summed E-state index contributed by atoms with van der Waals surface area (Å²) in [5, 5.41) is 0. The van der Waals surface area contributed by atoms with Crippen molar-refractivity contribution in [3.63, 3.8) is 0 Å². The summed E-state index contributed by atoms with van der Waals surface area (Å²) in [7, 11) is 0. The lowest BCUT2D eigenvalue weighted by Gasteiger charge is -2.28. The van der Waals surface area contributed by atoms with E-state index in [4.69, 9.17) is 4.74 Å². The lowest BCUT2D eigenvalue weighted by molar-refractivity contribution is -0.144. The molecule has 0 aliphatic heterocycles. The molecule has 0 spiro atoms. The van der Waals surface area contributed by atoms with Gasteiger partial charge in [0, 0.05) is 6.08 Å². The van der Waals surface area contributed by atoms with Crippen molar-refractivity contribution in [1.82, 2.24) is 0 Å². The smallest absolute Gasteiger partial charge is 0.331 e. The molecule has 2 rings (SSSR count). The van der Waals surface area contributed by atoms with Crippen LogP contribution in [0.1, 0.15) is 44.1 Å². The van der Waals surface area contributed by atoms with Crippen LogP contribution in [0.5, 0.6) is 0 Å². The lowest BCUT2D eigenvalue weighted by atomic mass is 9.83. The molecule has 0 unspecified atom stereocenters. The second kappa shape index (κ2) is 7.77. The second-order valence-electron chi connectivity index (χ2n) is 5.35. The summed E-state index contributed by atoms with van der Waals surface area (Å²) < 4.78 is 18.3. The van der Waals surface area contributed by atoms with Gasteiger partial charge in [-0.2, -0.15) is 0 Å². The molecule has 112 valence electrons. The van der Waals surface area contributed by atoms with Crippen molar-refractivity contribution in [3.8, 4) is 0 Å². The normalized spacial score (nSPS) is 22.8. The molecule has 1 aromatic rings. The van der Waals surface area contributed by atoms with Crippen molar-refractivity contribution in [1.29, 1.82) is 0 Å². The highest BCUT2D eigenvalue weighted by Gasteiger charge is 2.24. The summed E-state index contributed by atoms with van der Waals surface area (Å²) >= 11 is 0. The Balaban J connectivity index is 1.80. The van der Waals surface area contributed by atoms with Crippen LogP contribution in [0.3, 0.4) is 0 Å². The van der Waals surface area contributed by atoms with Crippen molar-refractivity contribution in [2.45, 2.75) is 44.6 Å². The van der Waals surface area contributed by atoms with Gasteiger partial charge in [-0.1, -0.05) is 30.4 Å². The van der Waals surface area contributed by atoms with E-state index in [1.807, 2.05) is 25.1 Å². The van der Waals surface area contributed by atoms with Gasteiger partial charge in [0.25, 0.3) is 0 Å². The van der Waals surface area contributed by atoms with Crippen molar-refractivity contribution in [2.75, 3.05) is 0 Å². The van der Waals surface area contributed by atoms with Gasteiger partial charge in [-0.15, -0.1) is 0 Å². The van der Waals surface area contributed by atoms with Gasteiger partial charge in [0.2, 0.25) is 0 Å². The van der Waals surface area contributed by atoms with Crippen molar-refractivity contribution in [3.05, 3.63) is 60.0 Å². The number of carbonyl (C=O) groups excluding carboxylic acids is 1. The number of rotatable bonds is 4. The lowest BCUT2D eigenvalue weighted by Crippen LogP contribution is -2.23. The van der Waals surface area contributed by atoms with Crippen molar-refractivity contribution in [2.24, 2.45) is 0 Å². The molecule has 21 heavy (non-hydrogen) atoms. The van der Waals surface area contributed by atoms with Gasteiger partial charge in [-0.25, -0.2) is 9.18 Å². The van der Waals surface area contributed by atoms with Gasteiger partial charge in [-0.05, 0) is 56.2 Å². The van der Waals surface area contributed by atoms with Crippen molar-refractivity contribution < 1.29 is 13.9 Å². The summed E-state index contributed by atoms with van der Waals surface area (Å²) in [6, 6.07) is 6.72. The number of hydrogen-bond acceptors (Lipinski definition) is 2. The van der Waals surface area contributed by atoms with Crippen LogP contribution < -0.4 is 0 Å². The van der Waals surface area contributed by atoms with Crippen LogP contribution in [0.2, 0.25) is 0 Å². The molecule has 0 amide bonds. The Bertz CT molecular complexity index is 509. The molecule has 1 saturated carbocycles. The van der Waals surface area contributed by atoms with E-state index in [9.17, 15) is 9.18 Å². The Morgan fingerprint density at radius 3 is 2.43 bits per heavy atom. The highest BCUT2D eigenvalue weighted by atomic mass is 19.1. The Kier molecular flexibility index (Phi) is 5.73. The molecule has 1 aromatic carbocycles. The van der Waals surface area contributed by atoms with E-state index in [1.165, 1.54) is 23.8 Å². The molecule has 1 aliphatic rings. The minimum Gasteiger partial charge on any atom is -0.459 e. The van der Waals surface area contributed by atoms with Gasteiger partial charge in [-0.3, -0.25) is 0 Å². The first-order chi connectivity index (χ1) is 10.2. The molecule has 2 nitrogen and oxygen atoms in total. The quantitative estimate of drug-likeness (QED) is 0.462. The van der Waals surface area contributed by atoms with E-state index in [0.717, 1.165) is 25.7 Å². The third-order valence-electron chi connectivity index (χ3n) is 3.83. The monoisotopic (exact) mass is 288 g/mol. The standard InChI is InChI=1S/C18H21FO2/c1-2-3-4-5-18(20)21-17-12-8-15(9-13-17)14-6-10-16(19)11-7-14/h2-7,10-11,15,17H,8-9,12-13H2,1H3/b3-2+,5-4+. The average Bonchev–Trinajstić information content (AvgIpc) is 2.49. The number of carbonyl (C=O) groups is 1. The number of hydrogen-bond donors (Lipinski definition) is 0. The van der Waals surface area contributed by atoms with Crippen molar-refractivity contribution >= 4 is 5.97 Å². The SMILES string of the molecule is C/C=C/C=C/C(=O)OC1CCC(c2ccc(F)cc2)CC1. The molecule has 1 fully saturated rings. The fourth-order valence-corrected chi connectivity index (χ4v) is 2.70. The Labute approximate surface area is 125 Å². The number of halogens is 1. The molecular formula is C18H21FO2. The molecule has 0 saturated heterocycles. The van der Waals surface area contributed by atoms with Gasteiger partial charge < -0.3 is 4.74 Å². The number of benzene rings is 1. The second-order valence-corrected chi connectivity index (χ2v) is 5.35. The van der Waals surface area contributed by atoms with Crippen LogP contribution in [0.4, 0.5) is 4.39 Å². The average molecular weight is 288 g/mol. The molecule has 0 N–H and O–H groups in total. The third-order valence-corrected chi connectivity index (χ3v) is 3.83. The van der Waals surface area contributed by atoms with Gasteiger partial charge in [0.15, 0.2) is 0 Å². The zero-order chi connectivity index (χ0) is 15.1. The van der Waals surface area contributed by atoms with E-state index in [1.54, 1.807) is 12.2 Å². The van der Waals surface area contributed by atoms with E-state index in [2.05, 4.69) is 0 Å². The highest BCUT2D eigenvalue weighted by Crippen LogP contribution is 2.34. The molecule has 3 heteroatoms. The summed E-state index contributed by atoms with van der Waals surface area (Å²) in [6.45, 7) is 1.90. The largest absolute Gasteiger partial charge is 0.459 e. The highest BCUT2D eigenvalue weighted by molar-refractivity contribution is 5.82. The first kappa shape index (κ1) is 15.5. The maximum Gasteiger partial charge on any atom is 0.331 e. The summed E-state index contributed by atoms with van der Waals surface area (Å²) in [5.74, 6) is -0.0354. The molecule has 0 atom stereocenters. The first-order valence-corrected chi connectivity index (χ1v) is 7.44. The van der Waals surface area contributed by atoms with Crippen LogP contribution >= 0.6 is 0 Å². The van der Waals surface area contributed by atoms with Crippen LogP contribution in [-0.2, 0) is 9.53 Å². The predicted molar refractivity (Wildman–Crippen MR) is 81.4 cm³/mol. The molecule has 0 aromatic heterocycles. The first-order valence-electron chi connectivity index (χ1n) is 7.44. The summed E-state index contributed by atoms with van der Waals surface area (Å²) in [6.07, 6.45) is 10.5. The van der Waals surface area contributed by atoms with E-state index < -0.39 is 0 Å². The van der Waals surface area contributed by atoms with Crippen LogP contribution in [0, 0.1) is 5.82 Å². The summed E-state index contributed by atoms with van der Waals surface area (Å²) in [5.41, 5.74) is 1.18. The third kappa shape index (κ3) is 4.85. The topological polar surface area (TPSA) is 26.3 Å². The molecule has 0 bridgehead atoms. The zero-order valence-electron chi connectivity index (χ0n) is 12.3. The van der Waals surface area contributed by atoms with E-state index >= 15 is 0 Å². The van der Waals surface area contributed by atoms with Gasteiger partial charge >= 0.3 is 5.97 Å². The maximum atomic E-state index is 12.9. The molecular weight excluding hydrogens is 267 g/mol. The minimum atomic E-state index is -0.279. The van der Waals surface area contributed by atoms with Crippen LogP contribution in [0.15, 0.2) is 48.6 Å². The zero-order valence-corrected chi connectivity index (χ0v) is 12.3. The van der Waals surface area contributed by atoms with Crippen LogP contribution in [-0.4, -0.2) is 12.1 Å². The van der Waals surface area contributed by atoms with Gasteiger partial charge in [0.1, 0.15) is 11.9 Å². The minimum absolute atomic E-state index is 0.00412. The molecule has 0 heterocycles. The van der Waals surface area contributed by atoms with Gasteiger partial charge in [0.05, 0.1) is 0 Å². The number of allylic oxidation sites excluding steroid dienone is 3. The molecule has 1 aliphatic carbocycles. The number of esters is 1. The van der Waals surface area contributed by atoms with E-state index in [-0.39, 0.29) is 17.9 Å². The van der Waals surface area contributed by atoms with Crippen LogP contribution in [0.25, 0.3) is 0 Å². The summed E-state index contributed by atoms with van der Waals surface area (Å²) in [4.78, 5) is 11.6. The predicted octanol–water partition coefficient (Wildman–Crippen LogP) is 4.53. The Morgan fingerprint density at radius 2 is 1.81 bits per heavy atom. The fraction of sp³-hybridized carbons (Fsp3) is 0.389. The Hall–Kier alpha value is -1.90. The fourth-order valence-electron chi connectivity index (χ4n) is 2.70. The van der Waals surface area contributed by atoms with E-state index in [0.29, 0.717) is 5.92 Å². The number of ether oxygens (including phenoxy) is 1. The Morgan fingerprint density at radius 1 is 1.14 bits per heavy atom.